The molecule has 12 nitrogen and oxygen atoms in total. The standard InChI is InChI=1S/C18H16N4O8S2/c19-14-6-1-10-7-13(32(28,29)30)8-15(23)17(10)18(14)22-21-12-4-2-11(3-5-12)20-16(24)9-31(25,26)27/h1-8,23H,9,19H2,(H,20,24)(H,25,26,27)(H,28,29,30). The van der Waals surface area contributed by atoms with E-state index < -0.39 is 42.5 Å². The van der Waals surface area contributed by atoms with Crippen molar-refractivity contribution >= 4 is 59.7 Å². The van der Waals surface area contributed by atoms with Gasteiger partial charge in [0.1, 0.15) is 11.4 Å². The first kappa shape index (κ1) is 23.1. The lowest BCUT2D eigenvalue weighted by Crippen LogP contribution is -2.22. The van der Waals surface area contributed by atoms with Crippen LogP contribution in [0.4, 0.5) is 22.7 Å². The highest BCUT2D eigenvalue weighted by molar-refractivity contribution is 7.86. The Morgan fingerprint density at radius 2 is 1.62 bits per heavy atom. The molecule has 3 rings (SSSR count). The molecule has 0 aliphatic carbocycles. The minimum atomic E-state index is -4.54. The molecule has 0 saturated carbocycles. The minimum absolute atomic E-state index is 0.0624. The Hall–Kier alpha value is -3.59. The van der Waals surface area contributed by atoms with Crippen LogP contribution in [0.1, 0.15) is 0 Å². The van der Waals surface area contributed by atoms with Gasteiger partial charge in [-0.25, -0.2) is 0 Å². The largest absolute Gasteiger partial charge is 0.507 e. The van der Waals surface area contributed by atoms with Gasteiger partial charge in [-0.15, -0.1) is 5.11 Å². The zero-order chi connectivity index (χ0) is 23.7. The number of nitrogen functional groups attached to an aromatic ring is 1. The van der Waals surface area contributed by atoms with Crippen LogP contribution in [0.5, 0.6) is 5.75 Å². The number of nitrogens with two attached hydrogens (primary N) is 1. The number of nitrogens with zero attached hydrogens (tertiary/aromatic N) is 2. The second kappa shape index (κ2) is 8.51. The van der Waals surface area contributed by atoms with Crippen LogP contribution in [0.2, 0.25) is 0 Å². The van der Waals surface area contributed by atoms with Crippen LogP contribution >= 0.6 is 0 Å². The van der Waals surface area contributed by atoms with E-state index in [2.05, 4.69) is 15.5 Å². The van der Waals surface area contributed by atoms with Crippen molar-refractivity contribution in [2.24, 2.45) is 10.2 Å². The third-order valence-electron chi connectivity index (χ3n) is 4.10. The number of aromatic hydroxyl groups is 1. The highest BCUT2D eigenvalue weighted by Gasteiger charge is 2.17. The summed E-state index contributed by atoms with van der Waals surface area (Å²) in [5, 5.41) is 21.0. The van der Waals surface area contributed by atoms with Gasteiger partial charge in [0.15, 0.2) is 5.75 Å². The molecule has 14 heteroatoms. The van der Waals surface area contributed by atoms with Gasteiger partial charge in [0.25, 0.3) is 20.2 Å². The Morgan fingerprint density at radius 1 is 0.969 bits per heavy atom. The molecule has 0 bridgehead atoms. The van der Waals surface area contributed by atoms with Gasteiger partial charge in [-0.1, -0.05) is 6.07 Å². The molecule has 3 aromatic carbocycles. The zero-order valence-electron chi connectivity index (χ0n) is 16.0. The molecule has 3 aromatic rings. The van der Waals surface area contributed by atoms with Gasteiger partial charge in [-0.05, 0) is 41.8 Å². The van der Waals surface area contributed by atoms with Crippen molar-refractivity contribution in [3.8, 4) is 5.75 Å². The number of hydrogen-bond donors (Lipinski definition) is 5. The summed E-state index contributed by atoms with van der Waals surface area (Å²) >= 11 is 0. The molecule has 6 N–H and O–H groups in total. The van der Waals surface area contributed by atoms with E-state index >= 15 is 0 Å². The number of phenols is 1. The number of fused-ring (bicyclic) bond motifs is 1. The maximum absolute atomic E-state index is 11.5. The van der Waals surface area contributed by atoms with E-state index in [1.807, 2.05) is 0 Å². The summed E-state index contributed by atoms with van der Waals surface area (Å²) < 4.78 is 62.0. The third kappa shape index (κ3) is 5.55. The fourth-order valence-electron chi connectivity index (χ4n) is 2.75. The molecule has 0 saturated heterocycles. The summed E-state index contributed by atoms with van der Waals surface area (Å²) in [4.78, 5) is 11.0. The average molecular weight is 480 g/mol. The van der Waals surface area contributed by atoms with Gasteiger partial charge in [0, 0.05) is 11.8 Å². The molecular weight excluding hydrogens is 464 g/mol. The monoisotopic (exact) mass is 480 g/mol. The molecule has 0 aliphatic rings. The quantitative estimate of drug-likeness (QED) is 0.199. The lowest BCUT2D eigenvalue weighted by molar-refractivity contribution is -0.113. The van der Waals surface area contributed by atoms with E-state index in [-0.39, 0.29) is 27.8 Å². The van der Waals surface area contributed by atoms with Crippen molar-refractivity contribution in [3.63, 3.8) is 0 Å². The van der Waals surface area contributed by atoms with Crippen molar-refractivity contribution in [2.75, 3.05) is 16.8 Å². The van der Waals surface area contributed by atoms with Crippen LogP contribution in [-0.2, 0) is 25.0 Å². The second-order valence-corrected chi connectivity index (χ2v) is 9.41. The number of benzene rings is 3. The number of rotatable bonds is 6. The van der Waals surface area contributed by atoms with Crippen molar-refractivity contribution < 1.29 is 35.8 Å². The molecule has 168 valence electrons. The molecule has 0 fully saturated rings. The fraction of sp³-hybridized carbons (Fsp3) is 0.0556. The van der Waals surface area contributed by atoms with E-state index in [1.54, 1.807) is 0 Å². The molecule has 32 heavy (non-hydrogen) atoms. The fourth-order valence-corrected chi connectivity index (χ4v) is 3.69. The Labute approximate surface area is 181 Å². The SMILES string of the molecule is Nc1ccc2cc(S(=O)(=O)O)cc(O)c2c1N=Nc1ccc(NC(=O)CS(=O)(=O)O)cc1. The van der Waals surface area contributed by atoms with Crippen LogP contribution in [0.3, 0.4) is 0 Å². The van der Waals surface area contributed by atoms with Gasteiger partial charge >= 0.3 is 0 Å². The Morgan fingerprint density at radius 3 is 2.22 bits per heavy atom. The van der Waals surface area contributed by atoms with Crippen molar-refractivity contribution in [2.45, 2.75) is 4.90 Å². The normalized spacial score (nSPS) is 12.3. The summed E-state index contributed by atoms with van der Waals surface area (Å²) in [6.07, 6.45) is 0. The Kier molecular flexibility index (Phi) is 6.13. The van der Waals surface area contributed by atoms with Crippen molar-refractivity contribution in [1.82, 2.24) is 0 Å². The highest BCUT2D eigenvalue weighted by Crippen LogP contribution is 2.40. The second-order valence-electron chi connectivity index (χ2n) is 6.54. The molecule has 0 spiro atoms. The topological polar surface area (TPSA) is 209 Å². The maximum atomic E-state index is 11.5. The molecule has 0 atom stereocenters. The number of anilines is 2. The summed E-state index contributed by atoms with van der Waals surface area (Å²) in [6.45, 7) is 0. The number of hydrogen-bond acceptors (Lipinski definition) is 9. The number of amides is 1. The van der Waals surface area contributed by atoms with Gasteiger partial charge in [-0.3, -0.25) is 13.9 Å². The summed E-state index contributed by atoms with van der Waals surface area (Å²) in [5.74, 6) is -2.49. The molecule has 0 aromatic heterocycles. The van der Waals surface area contributed by atoms with Gasteiger partial charge in [0.2, 0.25) is 5.91 Å². The Balaban J connectivity index is 1.90. The number of phenolic OH excluding ortho intramolecular Hbond substituents is 1. The first-order chi connectivity index (χ1) is 14.8. The van der Waals surface area contributed by atoms with Crippen LogP contribution in [-0.4, -0.2) is 42.7 Å². The smallest absolute Gasteiger partial charge is 0.294 e. The predicted octanol–water partition coefficient (Wildman–Crippen LogP) is 2.62. The first-order valence-corrected chi connectivity index (χ1v) is 11.7. The number of nitrogens with one attached hydrogen (secondary N) is 1. The molecule has 0 unspecified atom stereocenters. The zero-order valence-corrected chi connectivity index (χ0v) is 17.6. The third-order valence-corrected chi connectivity index (χ3v) is 5.56. The van der Waals surface area contributed by atoms with E-state index in [1.165, 1.54) is 36.4 Å². The summed E-state index contributed by atoms with van der Waals surface area (Å²) in [6, 6.07) is 10.6. The summed E-state index contributed by atoms with van der Waals surface area (Å²) in [5.41, 5.74) is 6.69. The van der Waals surface area contributed by atoms with Crippen molar-refractivity contribution in [3.05, 3.63) is 48.5 Å². The average Bonchev–Trinajstić information content (AvgIpc) is 2.66. The lowest BCUT2D eigenvalue weighted by atomic mass is 10.1. The van der Waals surface area contributed by atoms with Crippen LogP contribution in [0, 0.1) is 0 Å². The van der Waals surface area contributed by atoms with Crippen molar-refractivity contribution in [1.29, 1.82) is 0 Å². The maximum Gasteiger partial charge on any atom is 0.294 e. The number of azo groups is 1. The van der Waals surface area contributed by atoms with E-state index in [9.17, 15) is 31.3 Å². The molecule has 0 aliphatic heterocycles. The van der Waals surface area contributed by atoms with Crippen LogP contribution < -0.4 is 11.1 Å². The molecule has 0 heterocycles. The lowest BCUT2D eigenvalue weighted by Gasteiger charge is -2.09. The van der Waals surface area contributed by atoms with Gasteiger partial charge < -0.3 is 16.2 Å². The van der Waals surface area contributed by atoms with Crippen LogP contribution in [0.25, 0.3) is 10.8 Å². The summed E-state index contributed by atoms with van der Waals surface area (Å²) in [7, 11) is -8.99. The molecular formula is C18H16N4O8S2. The van der Waals surface area contributed by atoms with E-state index in [0.29, 0.717) is 5.69 Å². The Bertz CT molecular complexity index is 1450. The predicted molar refractivity (Wildman–Crippen MR) is 116 cm³/mol. The van der Waals surface area contributed by atoms with E-state index in [4.69, 9.17) is 10.3 Å². The number of carbonyl (C=O) groups excluding carboxylic acids is 1. The van der Waals surface area contributed by atoms with E-state index in [0.717, 1.165) is 12.1 Å². The van der Waals surface area contributed by atoms with Gasteiger partial charge in [-0.2, -0.15) is 21.9 Å². The van der Waals surface area contributed by atoms with Crippen LogP contribution in [0.15, 0.2) is 63.7 Å². The minimum Gasteiger partial charge on any atom is -0.507 e. The highest BCUT2D eigenvalue weighted by atomic mass is 32.2. The first-order valence-electron chi connectivity index (χ1n) is 8.63. The molecule has 0 radical (unpaired) electrons. The molecule has 1 amide bonds. The number of carbonyl (C=O) groups is 1. The van der Waals surface area contributed by atoms with Gasteiger partial charge in [0.05, 0.1) is 21.7 Å².